The summed E-state index contributed by atoms with van der Waals surface area (Å²) in [7, 11) is 0. The van der Waals surface area contributed by atoms with Gasteiger partial charge in [-0.25, -0.2) is 0 Å². The Labute approximate surface area is 48.5 Å². The van der Waals surface area contributed by atoms with Crippen molar-refractivity contribution in [1.29, 1.82) is 0 Å². The summed E-state index contributed by atoms with van der Waals surface area (Å²) in [5.74, 6) is 0.614. The highest BCUT2D eigenvalue weighted by molar-refractivity contribution is 5.79. The largest absolute Gasteiger partial charge is 0.391 e. The third kappa shape index (κ3) is 1.12. The van der Waals surface area contributed by atoms with Crippen LogP contribution in [0, 0.1) is 0 Å². The summed E-state index contributed by atoms with van der Waals surface area (Å²) in [6, 6.07) is 0. The molecule has 0 saturated carbocycles. The van der Waals surface area contributed by atoms with Crippen LogP contribution in [-0.4, -0.2) is 11.9 Å². The van der Waals surface area contributed by atoms with Gasteiger partial charge in [0.1, 0.15) is 11.9 Å². The highest BCUT2D eigenvalue weighted by Crippen LogP contribution is 2.06. The molecule has 46 valence electrons. The molecule has 0 radical (unpaired) electrons. The minimum atomic E-state index is 0.252. The van der Waals surface area contributed by atoms with Gasteiger partial charge in [0.15, 0.2) is 0 Å². The van der Waals surface area contributed by atoms with E-state index in [0.717, 1.165) is 12.8 Å². The van der Waals surface area contributed by atoms with E-state index in [1.165, 1.54) is 0 Å². The third-order valence-corrected chi connectivity index (χ3v) is 1.16. The number of rotatable bonds is 0. The molecule has 0 bridgehead atoms. The molecule has 0 amide bonds. The van der Waals surface area contributed by atoms with Crippen molar-refractivity contribution in [3.8, 4) is 0 Å². The van der Waals surface area contributed by atoms with Crippen LogP contribution in [0.25, 0.3) is 0 Å². The van der Waals surface area contributed by atoms with E-state index < -0.39 is 0 Å². The summed E-state index contributed by atoms with van der Waals surface area (Å²) < 4.78 is 0. The Bertz CT molecular complexity index is 111. The lowest BCUT2D eigenvalue weighted by atomic mass is 10.2. The fourth-order valence-corrected chi connectivity index (χ4v) is 0.607. The monoisotopic (exact) mass is 114 g/mol. The first kappa shape index (κ1) is 5.41. The van der Waals surface area contributed by atoms with Crippen molar-refractivity contribution in [3.63, 3.8) is 0 Å². The molecule has 1 heterocycles. The first-order valence-electron chi connectivity index (χ1n) is 2.77. The van der Waals surface area contributed by atoms with Gasteiger partial charge in [-0.15, -0.1) is 0 Å². The van der Waals surface area contributed by atoms with Crippen molar-refractivity contribution in [1.82, 2.24) is 0 Å². The summed E-state index contributed by atoms with van der Waals surface area (Å²) in [5, 5.41) is 3.61. The van der Waals surface area contributed by atoms with Crippen molar-refractivity contribution in [3.05, 3.63) is 0 Å². The van der Waals surface area contributed by atoms with Crippen LogP contribution in [0.3, 0.4) is 0 Å². The third-order valence-electron chi connectivity index (χ3n) is 1.16. The molecule has 0 aromatic heterocycles. The smallest absolute Gasteiger partial charge is 0.139 e. The van der Waals surface area contributed by atoms with Crippen LogP contribution in [0.1, 0.15) is 19.8 Å². The quantitative estimate of drug-likeness (QED) is 0.497. The standard InChI is InChI=1S/C5H10N2O/c1-4-2-3-5(6)7-8-4/h4H,2-3H2,1H3,(H2,6,7). The zero-order valence-corrected chi connectivity index (χ0v) is 4.92. The van der Waals surface area contributed by atoms with Gasteiger partial charge in [-0.3, -0.25) is 0 Å². The molecule has 3 nitrogen and oxygen atoms in total. The molecule has 3 heteroatoms. The van der Waals surface area contributed by atoms with Crippen LogP contribution in [-0.2, 0) is 4.84 Å². The van der Waals surface area contributed by atoms with Gasteiger partial charge in [0.2, 0.25) is 0 Å². The number of oxime groups is 1. The van der Waals surface area contributed by atoms with E-state index in [0.29, 0.717) is 5.84 Å². The molecule has 1 unspecified atom stereocenters. The Hall–Kier alpha value is -0.730. The van der Waals surface area contributed by atoms with Crippen LogP contribution >= 0.6 is 0 Å². The van der Waals surface area contributed by atoms with Crippen LogP contribution in [0.4, 0.5) is 0 Å². The molecule has 8 heavy (non-hydrogen) atoms. The maximum Gasteiger partial charge on any atom is 0.139 e. The Morgan fingerprint density at radius 2 is 2.62 bits per heavy atom. The van der Waals surface area contributed by atoms with E-state index in [2.05, 4.69) is 5.16 Å². The van der Waals surface area contributed by atoms with E-state index in [9.17, 15) is 0 Å². The molecule has 0 aromatic carbocycles. The molecule has 1 aliphatic rings. The number of amidine groups is 1. The van der Waals surface area contributed by atoms with Gasteiger partial charge in [0.05, 0.1) is 0 Å². The normalized spacial score (nSPS) is 28.6. The zero-order chi connectivity index (χ0) is 5.98. The predicted octanol–water partition coefficient (Wildman–Crippen LogP) is 0.458. The lowest BCUT2D eigenvalue weighted by molar-refractivity contribution is 0.0565. The molecule has 2 N–H and O–H groups in total. The van der Waals surface area contributed by atoms with Gasteiger partial charge < -0.3 is 10.6 Å². The van der Waals surface area contributed by atoms with Crippen LogP contribution < -0.4 is 5.73 Å². The number of hydrogen-bond donors (Lipinski definition) is 1. The van der Waals surface area contributed by atoms with Crippen molar-refractivity contribution in [2.24, 2.45) is 10.9 Å². The van der Waals surface area contributed by atoms with E-state index in [4.69, 9.17) is 10.6 Å². The Morgan fingerprint density at radius 3 is 3.00 bits per heavy atom. The second-order valence-electron chi connectivity index (χ2n) is 2.04. The molecule has 0 saturated heterocycles. The van der Waals surface area contributed by atoms with E-state index in [1.807, 2.05) is 6.92 Å². The molecule has 0 fully saturated rings. The molecule has 1 rings (SSSR count). The molecule has 1 aliphatic heterocycles. The van der Waals surface area contributed by atoms with Gasteiger partial charge in [-0.05, 0) is 13.3 Å². The van der Waals surface area contributed by atoms with Crippen molar-refractivity contribution < 1.29 is 4.84 Å². The SMILES string of the molecule is CC1CCC(N)=NO1. The zero-order valence-electron chi connectivity index (χ0n) is 4.92. The minimum Gasteiger partial charge on any atom is -0.391 e. The summed E-state index contributed by atoms with van der Waals surface area (Å²) in [6.45, 7) is 1.98. The second kappa shape index (κ2) is 2.03. The van der Waals surface area contributed by atoms with Crippen molar-refractivity contribution in [2.45, 2.75) is 25.9 Å². The number of nitrogens with zero attached hydrogens (tertiary/aromatic N) is 1. The number of hydrogen-bond acceptors (Lipinski definition) is 3. The van der Waals surface area contributed by atoms with Gasteiger partial charge in [0.25, 0.3) is 0 Å². The van der Waals surface area contributed by atoms with Gasteiger partial charge in [-0.2, -0.15) is 0 Å². The topological polar surface area (TPSA) is 47.6 Å². The lowest BCUT2D eigenvalue weighted by Gasteiger charge is -2.14. The predicted molar refractivity (Wildman–Crippen MR) is 31.4 cm³/mol. The molecule has 1 atom stereocenters. The van der Waals surface area contributed by atoms with E-state index in [-0.39, 0.29) is 6.10 Å². The van der Waals surface area contributed by atoms with Crippen LogP contribution in [0.5, 0.6) is 0 Å². The average Bonchev–Trinajstić information content (AvgIpc) is 1.77. The Morgan fingerprint density at radius 1 is 1.88 bits per heavy atom. The number of nitrogens with two attached hydrogens (primary N) is 1. The molecular weight excluding hydrogens is 104 g/mol. The Kier molecular flexibility index (Phi) is 1.37. The fourth-order valence-electron chi connectivity index (χ4n) is 0.607. The van der Waals surface area contributed by atoms with E-state index >= 15 is 0 Å². The fraction of sp³-hybridized carbons (Fsp3) is 0.800. The average molecular weight is 114 g/mol. The van der Waals surface area contributed by atoms with Crippen LogP contribution in [0.15, 0.2) is 5.16 Å². The maximum absolute atomic E-state index is 5.32. The summed E-state index contributed by atoms with van der Waals surface area (Å²) in [5.41, 5.74) is 5.32. The molecule has 0 aromatic rings. The maximum atomic E-state index is 5.32. The highest BCUT2D eigenvalue weighted by atomic mass is 16.6. The minimum absolute atomic E-state index is 0.252. The van der Waals surface area contributed by atoms with Crippen molar-refractivity contribution in [2.75, 3.05) is 0 Å². The Balaban J connectivity index is 2.42. The lowest BCUT2D eigenvalue weighted by Crippen LogP contribution is -2.21. The van der Waals surface area contributed by atoms with E-state index in [1.54, 1.807) is 0 Å². The molecule has 0 spiro atoms. The summed E-state index contributed by atoms with van der Waals surface area (Å²) >= 11 is 0. The summed E-state index contributed by atoms with van der Waals surface area (Å²) in [4.78, 5) is 4.85. The molecule has 0 aliphatic carbocycles. The summed E-state index contributed by atoms with van der Waals surface area (Å²) in [6.07, 6.45) is 2.12. The molecular formula is C5H10N2O. The second-order valence-corrected chi connectivity index (χ2v) is 2.04. The highest BCUT2D eigenvalue weighted by Gasteiger charge is 2.08. The first-order valence-corrected chi connectivity index (χ1v) is 2.77. The van der Waals surface area contributed by atoms with Gasteiger partial charge >= 0.3 is 0 Å². The first-order chi connectivity index (χ1) is 3.79. The van der Waals surface area contributed by atoms with Crippen LogP contribution in [0.2, 0.25) is 0 Å². The van der Waals surface area contributed by atoms with Gasteiger partial charge in [0, 0.05) is 6.42 Å². The van der Waals surface area contributed by atoms with Crippen molar-refractivity contribution >= 4 is 5.84 Å². The van der Waals surface area contributed by atoms with Gasteiger partial charge in [-0.1, -0.05) is 5.16 Å².